The molecule has 0 unspecified atom stereocenters. The highest BCUT2D eigenvalue weighted by Gasteiger charge is 2.37. The quantitative estimate of drug-likeness (QED) is 0.186. The van der Waals surface area contributed by atoms with Gasteiger partial charge in [0.2, 0.25) is 0 Å². The van der Waals surface area contributed by atoms with Gasteiger partial charge in [0.15, 0.2) is 0 Å². The number of benzene rings is 1. The van der Waals surface area contributed by atoms with Gasteiger partial charge in [-0.15, -0.1) is 11.8 Å². The van der Waals surface area contributed by atoms with Gasteiger partial charge in [0.05, 0.1) is 24.1 Å². The van der Waals surface area contributed by atoms with Crippen LogP contribution in [0.3, 0.4) is 0 Å². The number of piperidine rings is 1. The molecule has 0 spiro atoms. The molecule has 5 nitrogen and oxygen atoms in total. The Morgan fingerprint density at radius 1 is 1.36 bits per heavy atom. The lowest BCUT2D eigenvalue weighted by Gasteiger charge is -2.41. The first-order chi connectivity index (χ1) is 17.4. The van der Waals surface area contributed by atoms with E-state index in [0.717, 1.165) is 44.6 Å². The Hall–Kier alpha value is -1.87. The summed E-state index contributed by atoms with van der Waals surface area (Å²) in [5, 5.41) is 14.8. The number of methoxy groups -OCH3 is 1. The predicted molar refractivity (Wildman–Crippen MR) is 146 cm³/mol. The number of aromatic nitrogens is 1. The summed E-state index contributed by atoms with van der Waals surface area (Å²) in [6.45, 7) is 2.71. The van der Waals surface area contributed by atoms with Crippen molar-refractivity contribution in [2.24, 2.45) is 5.41 Å². The number of hydrogen-bond donors (Lipinski definition) is 1. The normalized spacial score (nSPS) is 16.8. The van der Waals surface area contributed by atoms with Crippen molar-refractivity contribution in [3.63, 3.8) is 0 Å². The molecule has 9 heteroatoms. The van der Waals surface area contributed by atoms with Gasteiger partial charge in [-0.25, -0.2) is 4.39 Å². The lowest BCUT2D eigenvalue weighted by atomic mass is 9.71. The van der Waals surface area contributed by atoms with Crippen LogP contribution in [0, 0.1) is 5.41 Å². The molecule has 0 saturated carbocycles. The van der Waals surface area contributed by atoms with E-state index < -0.39 is 17.6 Å². The predicted octanol–water partition coefficient (Wildman–Crippen LogP) is 7.49. The summed E-state index contributed by atoms with van der Waals surface area (Å²) in [7, 11) is 1.57. The number of nitrogens with zero attached hydrogens (tertiary/aromatic N) is 2. The third kappa shape index (κ3) is 6.91. The number of carboxylic acid groups (broad SMARTS) is 1. The highest BCUT2D eigenvalue weighted by atomic mass is 35.5. The minimum absolute atomic E-state index is 0.0697. The minimum Gasteiger partial charge on any atom is -0.497 e. The van der Waals surface area contributed by atoms with Crippen LogP contribution in [0.25, 0.3) is 10.9 Å². The number of hydrogen-bond acceptors (Lipinski definition) is 6. The zero-order chi connectivity index (χ0) is 25.5. The summed E-state index contributed by atoms with van der Waals surface area (Å²) < 4.78 is 21.0. The van der Waals surface area contributed by atoms with Gasteiger partial charge >= 0.3 is 5.97 Å². The van der Waals surface area contributed by atoms with Gasteiger partial charge in [-0.2, -0.15) is 11.3 Å². The second-order valence-electron chi connectivity index (χ2n) is 9.48. The highest BCUT2D eigenvalue weighted by molar-refractivity contribution is 7.99. The number of halogens is 2. The summed E-state index contributed by atoms with van der Waals surface area (Å²) in [4.78, 5) is 19.8. The van der Waals surface area contributed by atoms with Gasteiger partial charge in [0, 0.05) is 27.4 Å². The van der Waals surface area contributed by atoms with Crippen molar-refractivity contribution in [3.8, 4) is 5.75 Å². The van der Waals surface area contributed by atoms with Crippen LogP contribution in [0.15, 0.2) is 46.1 Å². The number of ether oxygens (including phenoxy) is 1. The number of aliphatic carboxylic acids is 1. The van der Waals surface area contributed by atoms with Crippen LogP contribution in [0.5, 0.6) is 5.75 Å². The second kappa shape index (κ2) is 12.6. The van der Waals surface area contributed by atoms with Gasteiger partial charge < -0.3 is 14.7 Å². The van der Waals surface area contributed by atoms with Crippen LogP contribution < -0.4 is 4.74 Å². The smallest absolute Gasteiger partial charge is 0.303 e. The zero-order valence-electron chi connectivity index (χ0n) is 20.4. The molecular weight excluding hydrogens is 519 g/mol. The Kier molecular flexibility index (Phi) is 9.50. The van der Waals surface area contributed by atoms with Crippen molar-refractivity contribution in [3.05, 3.63) is 51.8 Å². The number of carboxylic acids is 1. The van der Waals surface area contributed by atoms with Gasteiger partial charge in [-0.3, -0.25) is 9.78 Å². The number of alkyl halides is 1. The van der Waals surface area contributed by atoms with Crippen molar-refractivity contribution in [1.82, 2.24) is 9.88 Å². The summed E-state index contributed by atoms with van der Waals surface area (Å²) in [6, 6.07) is 7.49. The van der Waals surface area contributed by atoms with E-state index in [1.165, 1.54) is 11.1 Å². The van der Waals surface area contributed by atoms with E-state index in [-0.39, 0.29) is 17.9 Å². The maximum atomic E-state index is 15.7. The van der Waals surface area contributed by atoms with Gasteiger partial charge in [0.25, 0.3) is 0 Å². The summed E-state index contributed by atoms with van der Waals surface area (Å²) >= 11 is 10.00. The molecule has 2 aromatic heterocycles. The molecule has 1 aliphatic heterocycles. The van der Waals surface area contributed by atoms with E-state index in [1.807, 2.05) is 11.8 Å². The van der Waals surface area contributed by atoms with Crippen molar-refractivity contribution in [2.45, 2.75) is 49.6 Å². The molecule has 3 aromatic rings. The topological polar surface area (TPSA) is 62.7 Å². The molecule has 194 valence electrons. The van der Waals surface area contributed by atoms with Crippen LogP contribution in [0.1, 0.15) is 50.3 Å². The molecular formula is C27H32ClFN2O3S2. The molecule has 0 radical (unpaired) electrons. The molecule has 3 heterocycles. The molecule has 4 rings (SSSR count). The lowest BCUT2D eigenvalue weighted by Crippen LogP contribution is -2.41. The van der Waals surface area contributed by atoms with E-state index in [1.54, 1.807) is 36.6 Å². The van der Waals surface area contributed by atoms with Crippen LogP contribution in [-0.2, 0) is 4.79 Å². The Bertz CT molecular complexity index is 1150. The van der Waals surface area contributed by atoms with Crippen LogP contribution in [-0.4, -0.2) is 53.5 Å². The number of pyridine rings is 1. The van der Waals surface area contributed by atoms with Crippen molar-refractivity contribution in [2.75, 3.05) is 32.5 Å². The standard InChI is InChI=1S/C27H32ClFN2O3S2/c1-34-19-3-4-24-21(15-19)26(22(28)17-30-24)23(29)5-7-27(16-25(32)33)8-11-31(12-9-27)10-2-13-36-20-6-14-35-18-20/h3-4,6,14-15,17-18,23H,2,5,7-13,16H2,1H3,(H,32,33)/t23-/m0/s1. The first-order valence-electron chi connectivity index (χ1n) is 12.2. The first kappa shape index (κ1) is 27.2. The zero-order valence-corrected chi connectivity index (χ0v) is 22.8. The monoisotopic (exact) mass is 550 g/mol. The second-order valence-corrected chi connectivity index (χ2v) is 11.8. The van der Waals surface area contributed by atoms with E-state index in [0.29, 0.717) is 28.6 Å². The van der Waals surface area contributed by atoms with E-state index in [2.05, 4.69) is 26.7 Å². The largest absolute Gasteiger partial charge is 0.497 e. The number of thiophene rings is 1. The number of thioether (sulfide) groups is 1. The summed E-state index contributed by atoms with van der Waals surface area (Å²) in [5.74, 6) is 0.870. The number of carbonyl (C=O) groups is 1. The molecule has 1 N–H and O–H groups in total. The molecule has 1 aliphatic rings. The van der Waals surface area contributed by atoms with Crippen LogP contribution in [0.2, 0.25) is 5.02 Å². The third-order valence-electron chi connectivity index (χ3n) is 7.13. The molecule has 0 aliphatic carbocycles. The molecule has 1 aromatic carbocycles. The van der Waals surface area contributed by atoms with E-state index in [9.17, 15) is 9.90 Å². The average Bonchev–Trinajstić information content (AvgIpc) is 3.39. The SMILES string of the molecule is COc1ccc2ncc(Cl)c([C@@H](F)CCC3(CC(=O)O)CCN(CCCSc4ccsc4)CC3)c2c1. The Morgan fingerprint density at radius 3 is 2.86 bits per heavy atom. The molecule has 36 heavy (non-hydrogen) atoms. The van der Waals surface area contributed by atoms with Gasteiger partial charge in [0.1, 0.15) is 11.9 Å². The molecule has 1 saturated heterocycles. The van der Waals surface area contributed by atoms with Gasteiger partial charge in [-0.05, 0) is 92.6 Å². The maximum Gasteiger partial charge on any atom is 0.303 e. The highest BCUT2D eigenvalue weighted by Crippen LogP contribution is 2.44. The van der Waals surface area contributed by atoms with Crippen molar-refractivity contribution >= 4 is 51.6 Å². The fraction of sp³-hybridized carbons (Fsp3) is 0.481. The van der Waals surface area contributed by atoms with E-state index in [4.69, 9.17) is 16.3 Å². The Morgan fingerprint density at radius 2 is 2.17 bits per heavy atom. The van der Waals surface area contributed by atoms with Crippen molar-refractivity contribution in [1.29, 1.82) is 0 Å². The van der Waals surface area contributed by atoms with E-state index >= 15 is 4.39 Å². The maximum absolute atomic E-state index is 15.7. The summed E-state index contributed by atoms with van der Waals surface area (Å²) in [5.41, 5.74) is 0.667. The third-order valence-corrected chi connectivity index (χ3v) is 9.35. The average molecular weight is 551 g/mol. The minimum atomic E-state index is -1.31. The molecule has 0 bridgehead atoms. The number of rotatable bonds is 12. The molecule has 1 fully saturated rings. The first-order valence-corrected chi connectivity index (χ1v) is 14.6. The lowest BCUT2D eigenvalue weighted by molar-refractivity contribution is -0.141. The van der Waals surface area contributed by atoms with Crippen LogP contribution in [0.4, 0.5) is 4.39 Å². The molecule has 1 atom stereocenters. The Balaban J connectivity index is 1.37. The van der Waals surface area contributed by atoms with Crippen molar-refractivity contribution < 1.29 is 19.0 Å². The number of fused-ring (bicyclic) bond motifs is 1. The Labute approximate surface area is 225 Å². The molecule has 0 amide bonds. The number of likely N-dealkylation sites (tertiary alicyclic amines) is 1. The summed E-state index contributed by atoms with van der Waals surface area (Å²) in [6.07, 6.45) is 3.60. The fourth-order valence-corrected chi connectivity index (χ4v) is 7.07. The van der Waals surface area contributed by atoms with Gasteiger partial charge in [-0.1, -0.05) is 11.6 Å². The van der Waals surface area contributed by atoms with Crippen LogP contribution >= 0.6 is 34.7 Å². The fourth-order valence-electron chi connectivity index (χ4n) is 5.09.